The molecule has 0 bridgehead atoms. The van der Waals surface area contributed by atoms with Crippen molar-refractivity contribution in [2.75, 3.05) is 0 Å². The van der Waals surface area contributed by atoms with Crippen LogP contribution in [0.2, 0.25) is 0 Å². The number of hydrogen-bond donors (Lipinski definition) is 2. The van der Waals surface area contributed by atoms with Crippen LogP contribution in [0, 0.1) is 20.2 Å². The maximum atomic E-state index is 11.8. The Morgan fingerprint density at radius 3 is 1.48 bits per heavy atom. The molecule has 2 aromatic rings. The molecule has 2 aromatic carbocycles. The van der Waals surface area contributed by atoms with E-state index in [9.17, 15) is 38.9 Å². The first kappa shape index (κ1) is 17.7. The van der Waals surface area contributed by atoms with Gasteiger partial charge in [0.2, 0.25) is 0 Å². The summed E-state index contributed by atoms with van der Waals surface area (Å²) in [5, 5.41) is 40.3. The molecule has 0 heterocycles. The van der Waals surface area contributed by atoms with Crippen molar-refractivity contribution in [2.24, 2.45) is 0 Å². The molecule has 132 valence electrons. The molecule has 0 radical (unpaired) electrons. The minimum atomic E-state index is -4.98. The molecule has 2 rings (SSSR count). The zero-order valence-electron chi connectivity index (χ0n) is 11.9. The molecule has 0 aliphatic rings. The second kappa shape index (κ2) is 6.48. The molecule has 12 nitrogen and oxygen atoms in total. The van der Waals surface area contributed by atoms with Crippen LogP contribution >= 0.6 is 0 Å². The number of phenolic OH excluding ortho intramolecular Hbond substituents is 2. The molecule has 0 amide bonds. The molecule has 0 saturated heterocycles. The van der Waals surface area contributed by atoms with Gasteiger partial charge in [-0.2, -0.15) is 0 Å². The highest BCUT2D eigenvalue weighted by atomic mass is 32.3. The zero-order chi connectivity index (χ0) is 18.8. The molecular formula is C12H8N2O10S. The second-order valence-corrected chi connectivity index (χ2v) is 5.54. The maximum Gasteiger partial charge on any atom is 0.501 e. The highest BCUT2D eigenvalue weighted by molar-refractivity contribution is 7.82. The average molecular weight is 372 g/mol. The van der Waals surface area contributed by atoms with Crippen molar-refractivity contribution in [1.82, 2.24) is 0 Å². The molecule has 2 N–H and O–H groups in total. The fourth-order valence-electron chi connectivity index (χ4n) is 1.60. The van der Waals surface area contributed by atoms with Gasteiger partial charge < -0.3 is 18.6 Å². The third-order valence-electron chi connectivity index (χ3n) is 2.69. The largest absolute Gasteiger partial charge is 0.504 e. The minimum Gasteiger partial charge on any atom is -0.504 e. The summed E-state index contributed by atoms with van der Waals surface area (Å²) in [7, 11) is -4.98. The standard InChI is InChI=1S/C12H8N2O10S/c15-9-3-1-7(13(17)18)5-11(9)23-25(21,22)24-12-6-8(14(19)20)2-4-10(12)16/h1-6,15-16H. The van der Waals surface area contributed by atoms with Gasteiger partial charge in [-0.3, -0.25) is 20.2 Å². The summed E-state index contributed by atoms with van der Waals surface area (Å²) in [5.41, 5.74) is -1.14. The zero-order valence-corrected chi connectivity index (χ0v) is 12.7. The van der Waals surface area contributed by atoms with Crippen molar-refractivity contribution >= 4 is 21.8 Å². The lowest BCUT2D eigenvalue weighted by Crippen LogP contribution is -2.16. The number of benzene rings is 2. The SMILES string of the molecule is O=[N+]([O-])c1ccc(O)c(OS(=O)(=O)Oc2cc([N+](=O)[O-])ccc2O)c1. The molecule has 0 aliphatic carbocycles. The van der Waals surface area contributed by atoms with E-state index in [-0.39, 0.29) is 0 Å². The van der Waals surface area contributed by atoms with Crippen LogP contribution in [0.4, 0.5) is 11.4 Å². The molecule has 0 saturated carbocycles. The van der Waals surface area contributed by atoms with Crippen molar-refractivity contribution in [3.63, 3.8) is 0 Å². The molecule has 0 unspecified atom stereocenters. The molecule has 13 heteroatoms. The van der Waals surface area contributed by atoms with Crippen LogP contribution in [-0.4, -0.2) is 28.5 Å². The summed E-state index contributed by atoms with van der Waals surface area (Å²) in [6.07, 6.45) is 0. The predicted molar refractivity (Wildman–Crippen MR) is 79.7 cm³/mol. The quantitative estimate of drug-likeness (QED) is 0.558. The van der Waals surface area contributed by atoms with Crippen molar-refractivity contribution in [3.05, 3.63) is 56.6 Å². The number of rotatable bonds is 6. The number of aromatic hydroxyl groups is 2. The fraction of sp³-hybridized carbons (Fsp3) is 0. The lowest BCUT2D eigenvalue weighted by Gasteiger charge is -2.09. The normalized spacial score (nSPS) is 10.9. The summed E-state index contributed by atoms with van der Waals surface area (Å²) in [6, 6.07) is 4.72. The number of phenols is 2. The van der Waals surface area contributed by atoms with Crippen LogP contribution in [-0.2, 0) is 10.4 Å². The molecule has 0 atom stereocenters. The maximum absolute atomic E-state index is 11.8. The molecular weight excluding hydrogens is 364 g/mol. The Labute approximate surface area is 139 Å². The van der Waals surface area contributed by atoms with E-state index >= 15 is 0 Å². The van der Waals surface area contributed by atoms with Gasteiger partial charge in [0.15, 0.2) is 23.0 Å². The van der Waals surface area contributed by atoms with Crippen LogP contribution in [0.3, 0.4) is 0 Å². The van der Waals surface area contributed by atoms with Gasteiger partial charge in [-0.05, 0) is 12.1 Å². The van der Waals surface area contributed by atoms with Gasteiger partial charge in [0.25, 0.3) is 11.4 Å². The number of nitro benzene ring substituents is 2. The number of nitrogens with zero attached hydrogens (tertiary/aromatic N) is 2. The van der Waals surface area contributed by atoms with E-state index in [2.05, 4.69) is 8.37 Å². The molecule has 0 aromatic heterocycles. The Morgan fingerprint density at radius 2 is 1.16 bits per heavy atom. The number of hydrogen-bond acceptors (Lipinski definition) is 10. The molecule has 0 spiro atoms. The van der Waals surface area contributed by atoms with Crippen molar-refractivity contribution in [2.45, 2.75) is 0 Å². The Balaban J connectivity index is 2.32. The lowest BCUT2D eigenvalue weighted by atomic mass is 10.3. The smallest absolute Gasteiger partial charge is 0.501 e. The third kappa shape index (κ3) is 4.23. The first-order valence-electron chi connectivity index (χ1n) is 6.18. The van der Waals surface area contributed by atoms with Crippen LogP contribution in [0.1, 0.15) is 0 Å². The van der Waals surface area contributed by atoms with Gasteiger partial charge in [0, 0.05) is 12.1 Å². The third-order valence-corrected chi connectivity index (χ3v) is 3.46. The monoisotopic (exact) mass is 372 g/mol. The topological polar surface area (TPSA) is 179 Å². The summed E-state index contributed by atoms with van der Waals surface area (Å²) >= 11 is 0. The predicted octanol–water partition coefficient (Wildman–Crippen LogP) is 1.62. The summed E-state index contributed by atoms with van der Waals surface area (Å²) in [5.74, 6) is -3.08. The Hall–Kier alpha value is -3.61. The van der Waals surface area contributed by atoms with E-state index in [1.54, 1.807) is 0 Å². The van der Waals surface area contributed by atoms with Crippen molar-refractivity contribution in [1.29, 1.82) is 0 Å². The van der Waals surface area contributed by atoms with Crippen LogP contribution in [0.15, 0.2) is 36.4 Å². The highest BCUT2D eigenvalue weighted by Crippen LogP contribution is 2.34. The van der Waals surface area contributed by atoms with E-state index in [1.165, 1.54) is 0 Å². The van der Waals surface area contributed by atoms with E-state index in [0.29, 0.717) is 12.1 Å². The highest BCUT2D eigenvalue weighted by Gasteiger charge is 2.23. The van der Waals surface area contributed by atoms with Crippen LogP contribution in [0.25, 0.3) is 0 Å². The second-order valence-electron chi connectivity index (χ2n) is 4.39. The number of non-ortho nitro benzene ring substituents is 2. The fourth-order valence-corrected chi connectivity index (χ4v) is 2.34. The van der Waals surface area contributed by atoms with E-state index in [4.69, 9.17) is 0 Å². The van der Waals surface area contributed by atoms with E-state index in [0.717, 1.165) is 24.3 Å². The van der Waals surface area contributed by atoms with Crippen LogP contribution in [0.5, 0.6) is 23.0 Å². The van der Waals surface area contributed by atoms with Gasteiger partial charge in [0.05, 0.1) is 22.0 Å². The Morgan fingerprint density at radius 1 is 0.800 bits per heavy atom. The number of nitro groups is 2. The lowest BCUT2D eigenvalue weighted by molar-refractivity contribution is -0.385. The Bertz CT molecular complexity index is 885. The molecule has 0 fully saturated rings. The van der Waals surface area contributed by atoms with Gasteiger partial charge >= 0.3 is 10.4 Å². The van der Waals surface area contributed by atoms with Gasteiger partial charge in [-0.1, -0.05) is 0 Å². The van der Waals surface area contributed by atoms with Crippen LogP contribution < -0.4 is 8.37 Å². The van der Waals surface area contributed by atoms with Gasteiger partial charge in [0.1, 0.15) is 0 Å². The Kier molecular flexibility index (Phi) is 4.60. The molecule has 0 aliphatic heterocycles. The first-order chi connectivity index (χ1) is 11.6. The van der Waals surface area contributed by atoms with Gasteiger partial charge in [-0.15, -0.1) is 8.42 Å². The van der Waals surface area contributed by atoms with E-state index in [1.807, 2.05) is 0 Å². The summed E-state index contributed by atoms with van der Waals surface area (Å²) in [4.78, 5) is 19.6. The first-order valence-corrected chi connectivity index (χ1v) is 7.51. The summed E-state index contributed by atoms with van der Waals surface area (Å²) in [6.45, 7) is 0. The molecule has 25 heavy (non-hydrogen) atoms. The van der Waals surface area contributed by atoms with Gasteiger partial charge in [-0.25, -0.2) is 0 Å². The van der Waals surface area contributed by atoms with Crippen molar-refractivity contribution in [3.8, 4) is 23.0 Å². The van der Waals surface area contributed by atoms with E-state index < -0.39 is 54.6 Å². The van der Waals surface area contributed by atoms with Crippen molar-refractivity contribution < 1.29 is 36.8 Å². The minimum absolute atomic E-state index is 0.568. The summed E-state index contributed by atoms with van der Waals surface area (Å²) < 4.78 is 32.5. The average Bonchev–Trinajstić information content (AvgIpc) is 2.50.